The number of Topliss-reactive ketones (excluding diaryl/α,β-unsaturated/α-hetero) is 1. The molecular weight excluding hydrogens is 508 g/mol. The topological polar surface area (TPSA) is 108 Å². The molecule has 8 nitrogen and oxygen atoms in total. The lowest BCUT2D eigenvalue weighted by Gasteiger charge is -2.43. The van der Waals surface area contributed by atoms with Gasteiger partial charge in [-0.05, 0) is 55.4 Å². The monoisotopic (exact) mass is 538 g/mol. The zero-order valence-corrected chi connectivity index (χ0v) is 22.3. The van der Waals surface area contributed by atoms with Gasteiger partial charge in [0.25, 0.3) is 5.56 Å². The van der Waals surface area contributed by atoms with E-state index in [2.05, 4.69) is 9.97 Å². The number of carbonyl (C=O) groups excluding carboxylic acids is 2. The van der Waals surface area contributed by atoms with Gasteiger partial charge in [-0.25, -0.2) is 4.98 Å². The van der Waals surface area contributed by atoms with Gasteiger partial charge in [-0.2, -0.15) is 0 Å². The second-order valence-electron chi connectivity index (χ2n) is 10.2. The molecule has 9 heteroatoms. The summed E-state index contributed by atoms with van der Waals surface area (Å²) < 4.78 is 17.1. The number of halogens is 1. The van der Waals surface area contributed by atoms with Crippen molar-refractivity contribution >= 4 is 34.3 Å². The molecule has 38 heavy (non-hydrogen) atoms. The molecule has 2 aromatic carbocycles. The number of para-hydroxylation sites is 1. The van der Waals surface area contributed by atoms with E-state index < -0.39 is 17.5 Å². The van der Waals surface area contributed by atoms with Gasteiger partial charge in [0.2, 0.25) is 0 Å². The normalized spacial score (nSPS) is 22.0. The molecule has 5 rings (SSSR count). The fourth-order valence-corrected chi connectivity index (χ4v) is 6.23. The number of rotatable bonds is 8. The summed E-state index contributed by atoms with van der Waals surface area (Å²) in [5.74, 6) is -0.179. The van der Waals surface area contributed by atoms with Crippen LogP contribution in [0, 0.1) is 11.8 Å². The number of methoxy groups -OCH3 is 2. The minimum absolute atomic E-state index is 0.000395. The Bertz CT molecular complexity index is 1410. The molecule has 1 aromatic heterocycles. The molecule has 2 fully saturated rings. The zero-order valence-electron chi connectivity index (χ0n) is 21.6. The highest BCUT2D eigenvalue weighted by molar-refractivity contribution is 6.32. The molecular formula is C29H31ClN2O6. The van der Waals surface area contributed by atoms with Crippen molar-refractivity contribution in [3.8, 4) is 11.5 Å². The molecule has 1 aliphatic carbocycles. The van der Waals surface area contributed by atoms with Crippen molar-refractivity contribution in [3.05, 3.63) is 63.2 Å². The molecule has 1 aliphatic heterocycles. The van der Waals surface area contributed by atoms with E-state index in [1.165, 1.54) is 0 Å². The number of benzene rings is 2. The first-order chi connectivity index (χ1) is 18.3. The van der Waals surface area contributed by atoms with Crippen LogP contribution < -0.4 is 15.0 Å². The van der Waals surface area contributed by atoms with Gasteiger partial charge in [0.05, 0.1) is 30.1 Å². The van der Waals surface area contributed by atoms with Crippen LogP contribution in [0.4, 0.5) is 0 Å². The predicted molar refractivity (Wildman–Crippen MR) is 143 cm³/mol. The number of esters is 1. The molecule has 2 unspecified atom stereocenters. The number of fused-ring (bicyclic) bond motifs is 1. The Hall–Kier alpha value is -3.39. The minimum Gasteiger partial charge on any atom is -0.496 e. The van der Waals surface area contributed by atoms with E-state index in [-0.39, 0.29) is 30.1 Å². The number of hydrogen-bond acceptors (Lipinski definition) is 7. The highest BCUT2D eigenvalue weighted by Crippen LogP contribution is 2.46. The van der Waals surface area contributed by atoms with E-state index in [1.807, 2.05) is 0 Å². The zero-order chi connectivity index (χ0) is 26.9. The van der Waals surface area contributed by atoms with Crippen molar-refractivity contribution in [1.29, 1.82) is 0 Å². The van der Waals surface area contributed by atoms with Crippen LogP contribution in [0.5, 0.6) is 11.5 Å². The number of nitrogens with one attached hydrogen (secondary N) is 1. The van der Waals surface area contributed by atoms with E-state index >= 15 is 0 Å². The number of carbonyl (C=O) groups is 2. The number of nitrogens with zero attached hydrogens (tertiary/aromatic N) is 1. The molecule has 0 spiro atoms. The lowest BCUT2D eigenvalue weighted by Crippen LogP contribution is -2.52. The minimum atomic E-state index is -1.00. The van der Waals surface area contributed by atoms with E-state index in [0.29, 0.717) is 46.1 Å². The molecule has 0 radical (unpaired) electrons. The number of cyclic esters (lactones) is 1. The number of ether oxygens (including phenoxy) is 3. The Balaban J connectivity index is 1.39. The van der Waals surface area contributed by atoms with Crippen molar-refractivity contribution in [2.75, 3.05) is 14.2 Å². The predicted octanol–water partition coefficient (Wildman–Crippen LogP) is 4.83. The smallest absolute Gasteiger partial charge is 0.317 e. The van der Waals surface area contributed by atoms with E-state index in [4.69, 9.17) is 25.8 Å². The van der Waals surface area contributed by atoms with Crippen LogP contribution in [-0.4, -0.2) is 41.5 Å². The average molecular weight is 539 g/mol. The van der Waals surface area contributed by atoms with Crippen LogP contribution in [0.15, 0.2) is 41.2 Å². The number of hydrogen-bond donors (Lipinski definition) is 1. The number of ketones is 1. The molecule has 2 heterocycles. The first-order valence-electron chi connectivity index (χ1n) is 13.0. The third-order valence-electron chi connectivity index (χ3n) is 7.98. The average Bonchev–Trinajstić information content (AvgIpc) is 3.46. The maximum absolute atomic E-state index is 13.5. The van der Waals surface area contributed by atoms with Gasteiger partial charge in [0, 0.05) is 18.9 Å². The summed E-state index contributed by atoms with van der Waals surface area (Å²) in [5.41, 5.74) is 0.201. The summed E-state index contributed by atoms with van der Waals surface area (Å²) in [6.07, 6.45) is 5.04. The number of H-pyrrole nitrogens is 1. The Morgan fingerprint density at radius 2 is 1.82 bits per heavy atom. The van der Waals surface area contributed by atoms with Gasteiger partial charge in [-0.3, -0.25) is 14.4 Å². The number of aromatic amines is 1. The van der Waals surface area contributed by atoms with Gasteiger partial charge >= 0.3 is 5.97 Å². The fourth-order valence-electron chi connectivity index (χ4n) is 5.97. The van der Waals surface area contributed by atoms with Crippen LogP contribution in [0.1, 0.15) is 49.9 Å². The molecule has 0 amide bonds. The van der Waals surface area contributed by atoms with Crippen LogP contribution in [0.25, 0.3) is 10.9 Å². The molecule has 2 atom stereocenters. The SMILES string of the molecule is COc1cc(OC)c(CCC2(C3CCCC3)CC(=O)C(Cc3nc4ccccc4c(=O)[nH]3)C(=O)O2)cc1Cl. The van der Waals surface area contributed by atoms with Crippen LogP contribution in [0.3, 0.4) is 0 Å². The Morgan fingerprint density at radius 3 is 2.53 bits per heavy atom. The maximum Gasteiger partial charge on any atom is 0.317 e. The number of aryl methyl sites for hydroxylation is 1. The van der Waals surface area contributed by atoms with Gasteiger partial charge < -0.3 is 19.2 Å². The molecule has 1 saturated heterocycles. The molecule has 0 bridgehead atoms. The summed E-state index contributed by atoms with van der Waals surface area (Å²) in [7, 11) is 3.13. The summed E-state index contributed by atoms with van der Waals surface area (Å²) in [6, 6.07) is 10.5. The quantitative estimate of drug-likeness (QED) is 0.323. The highest BCUT2D eigenvalue weighted by Gasteiger charge is 2.51. The summed E-state index contributed by atoms with van der Waals surface area (Å²) >= 11 is 6.38. The van der Waals surface area contributed by atoms with Crippen molar-refractivity contribution in [2.45, 2.75) is 57.0 Å². The lowest BCUT2D eigenvalue weighted by molar-refractivity contribution is -0.185. The van der Waals surface area contributed by atoms with Crippen LogP contribution in [-0.2, 0) is 27.2 Å². The standard InChI is InChI=1S/C29H31ClN2O6/c1-36-24-15-25(37-2)21(30)13-17(24)11-12-29(18-7-3-4-8-18)16-23(33)20(28(35)38-29)14-26-31-22-10-6-5-9-19(22)27(34)32-26/h5-6,9-10,13,15,18,20H,3-4,7-8,11-12,14,16H2,1-2H3,(H,31,32,34). The second kappa shape index (κ2) is 10.8. The van der Waals surface area contributed by atoms with E-state index in [9.17, 15) is 14.4 Å². The summed E-state index contributed by atoms with van der Waals surface area (Å²) in [5, 5.41) is 0.926. The van der Waals surface area contributed by atoms with Crippen LogP contribution >= 0.6 is 11.6 Å². The Labute approximate surface area is 225 Å². The van der Waals surface area contributed by atoms with Crippen molar-refractivity contribution in [2.24, 2.45) is 11.8 Å². The second-order valence-corrected chi connectivity index (χ2v) is 10.6. The van der Waals surface area contributed by atoms with Crippen LogP contribution in [0.2, 0.25) is 5.02 Å². The fraction of sp³-hybridized carbons (Fsp3) is 0.448. The third-order valence-corrected chi connectivity index (χ3v) is 8.28. The van der Waals surface area contributed by atoms with E-state index in [1.54, 1.807) is 50.6 Å². The molecule has 2 aliphatic rings. The first kappa shape index (κ1) is 26.2. The van der Waals surface area contributed by atoms with Crippen molar-refractivity contribution in [1.82, 2.24) is 9.97 Å². The van der Waals surface area contributed by atoms with Gasteiger partial charge in [0.1, 0.15) is 28.8 Å². The lowest BCUT2D eigenvalue weighted by atomic mass is 9.73. The maximum atomic E-state index is 13.5. The van der Waals surface area contributed by atoms with Crippen molar-refractivity contribution < 1.29 is 23.8 Å². The third kappa shape index (κ3) is 5.01. The van der Waals surface area contributed by atoms with Gasteiger partial charge in [-0.15, -0.1) is 0 Å². The Morgan fingerprint density at radius 1 is 1.08 bits per heavy atom. The highest BCUT2D eigenvalue weighted by atomic mass is 35.5. The van der Waals surface area contributed by atoms with Gasteiger partial charge in [-0.1, -0.05) is 36.6 Å². The molecule has 3 aromatic rings. The molecule has 200 valence electrons. The molecule has 1 saturated carbocycles. The first-order valence-corrected chi connectivity index (χ1v) is 13.4. The van der Waals surface area contributed by atoms with Gasteiger partial charge in [0.15, 0.2) is 5.78 Å². The van der Waals surface area contributed by atoms with Crippen molar-refractivity contribution in [3.63, 3.8) is 0 Å². The summed E-state index contributed by atoms with van der Waals surface area (Å²) in [6.45, 7) is 0. The largest absolute Gasteiger partial charge is 0.496 e. The summed E-state index contributed by atoms with van der Waals surface area (Å²) in [4.78, 5) is 46.6. The Kier molecular flexibility index (Phi) is 7.43. The number of aromatic nitrogens is 2. The van der Waals surface area contributed by atoms with E-state index in [0.717, 1.165) is 31.2 Å². The molecule has 1 N–H and O–H groups in total.